The molecule has 6 heteroatoms. The first kappa shape index (κ1) is 16.2. The Labute approximate surface area is 128 Å². The van der Waals surface area contributed by atoms with Gasteiger partial charge in [0, 0.05) is 24.6 Å². The maximum absolute atomic E-state index is 13.8. The molecule has 1 aromatic carbocycles. The van der Waals surface area contributed by atoms with Gasteiger partial charge in [-0.15, -0.1) is 0 Å². The van der Waals surface area contributed by atoms with Crippen LogP contribution in [0.5, 0.6) is 0 Å². The van der Waals surface area contributed by atoms with E-state index in [0.717, 1.165) is 0 Å². The summed E-state index contributed by atoms with van der Waals surface area (Å²) in [4.78, 5) is 16.3. The zero-order valence-corrected chi connectivity index (χ0v) is 12.9. The van der Waals surface area contributed by atoms with Crippen molar-refractivity contribution in [3.8, 4) is 0 Å². The van der Waals surface area contributed by atoms with E-state index in [9.17, 15) is 9.18 Å². The fourth-order valence-corrected chi connectivity index (χ4v) is 1.99. The van der Waals surface area contributed by atoms with Gasteiger partial charge in [-0.3, -0.25) is 4.79 Å². The van der Waals surface area contributed by atoms with Gasteiger partial charge in [-0.25, -0.2) is 9.37 Å². The summed E-state index contributed by atoms with van der Waals surface area (Å²) in [7, 11) is 0. The normalized spacial score (nSPS) is 11.0. The molecule has 0 unspecified atom stereocenters. The third-order valence-electron chi connectivity index (χ3n) is 3.31. The monoisotopic (exact) mass is 305 g/mol. The van der Waals surface area contributed by atoms with Crippen LogP contribution in [0.2, 0.25) is 0 Å². The van der Waals surface area contributed by atoms with E-state index >= 15 is 0 Å². The van der Waals surface area contributed by atoms with E-state index in [1.165, 1.54) is 6.07 Å². The average Bonchev–Trinajstić information content (AvgIpc) is 2.88. The van der Waals surface area contributed by atoms with Gasteiger partial charge in [-0.05, 0) is 18.6 Å². The summed E-state index contributed by atoms with van der Waals surface area (Å²) >= 11 is 0. The molecule has 1 amide bonds. The van der Waals surface area contributed by atoms with Gasteiger partial charge < -0.3 is 15.5 Å². The minimum atomic E-state index is -0.386. The molecule has 0 saturated carbocycles. The number of rotatable bonds is 5. The number of nitrogens with zero attached hydrogens (tertiary/aromatic N) is 1. The predicted molar refractivity (Wildman–Crippen MR) is 80.8 cm³/mol. The lowest BCUT2D eigenvalue weighted by atomic mass is 10.1. The van der Waals surface area contributed by atoms with Crippen LogP contribution in [0.3, 0.4) is 0 Å². The highest BCUT2D eigenvalue weighted by atomic mass is 19.1. The third-order valence-corrected chi connectivity index (χ3v) is 3.31. The number of carbonyl (C=O) groups excluding carboxylic acids is 1. The van der Waals surface area contributed by atoms with Crippen LogP contribution in [0, 0.1) is 12.7 Å². The molecule has 2 aromatic rings. The molecule has 0 atom stereocenters. The molecule has 0 radical (unpaired) electrons. The van der Waals surface area contributed by atoms with E-state index in [-0.39, 0.29) is 36.4 Å². The SMILES string of the molecule is Cc1oc(C(C)C)nc1C(=O)NCc1ccc(CN)cc1F. The fourth-order valence-electron chi connectivity index (χ4n) is 1.99. The van der Waals surface area contributed by atoms with E-state index in [4.69, 9.17) is 10.2 Å². The smallest absolute Gasteiger partial charge is 0.273 e. The summed E-state index contributed by atoms with van der Waals surface area (Å²) in [6.45, 7) is 5.91. The number of nitrogens with one attached hydrogen (secondary N) is 1. The molecule has 0 bridgehead atoms. The van der Waals surface area contributed by atoms with Gasteiger partial charge in [-0.1, -0.05) is 26.0 Å². The van der Waals surface area contributed by atoms with E-state index in [2.05, 4.69) is 10.3 Å². The lowest BCUT2D eigenvalue weighted by Gasteiger charge is -2.06. The summed E-state index contributed by atoms with van der Waals surface area (Å²) in [5.41, 5.74) is 6.80. The highest BCUT2D eigenvalue weighted by molar-refractivity contribution is 5.93. The van der Waals surface area contributed by atoms with Gasteiger partial charge in [0.15, 0.2) is 11.6 Å². The zero-order chi connectivity index (χ0) is 16.3. The molecule has 0 aliphatic rings. The Bertz CT molecular complexity index is 680. The average molecular weight is 305 g/mol. The second-order valence-corrected chi connectivity index (χ2v) is 5.42. The van der Waals surface area contributed by atoms with Crippen molar-refractivity contribution in [3.05, 3.63) is 52.5 Å². The van der Waals surface area contributed by atoms with Crippen molar-refractivity contribution in [2.75, 3.05) is 0 Å². The number of benzene rings is 1. The zero-order valence-electron chi connectivity index (χ0n) is 12.9. The molecule has 0 aliphatic heterocycles. The van der Waals surface area contributed by atoms with Gasteiger partial charge in [0.05, 0.1) is 0 Å². The Morgan fingerprint density at radius 3 is 2.73 bits per heavy atom. The van der Waals surface area contributed by atoms with E-state index < -0.39 is 0 Å². The third kappa shape index (κ3) is 3.51. The lowest BCUT2D eigenvalue weighted by Crippen LogP contribution is -2.24. The van der Waals surface area contributed by atoms with Crippen LogP contribution in [-0.2, 0) is 13.1 Å². The van der Waals surface area contributed by atoms with Crippen LogP contribution in [0.15, 0.2) is 22.6 Å². The molecule has 0 saturated heterocycles. The summed E-state index contributed by atoms with van der Waals surface area (Å²) < 4.78 is 19.3. The maximum atomic E-state index is 13.8. The van der Waals surface area contributed by atoms with Crippen molar-refractivity contribution in [1.29, 1.82) is 0 Å². The Balaban J connectivity index is 2.07. The number of amides is 1. The molecule has 1 heterocycles. The van der Waals surface area contributed by atoms with Crippen molar-refractivity contribution in [3.63, 3.8) is 0 Å². The summed E-state index contributed by atoms with van der Waals surface area (Å²) in [5, 5.41) is 2.65. The van der Waals surface area contributed by atoms with Gasteiger partial charge in [-0.2, -0.15) is 0 Å². The Morgan fingerprint density at radius 2 is 2.18 bits per heavy atom. The molecule has 0 fully saturated rings. The molecule has 5 nitrogen and oxygen atoms in total. The number of carbonyl (C=O) groups is 1. The number of oxazole rings is 1. The number of aryl methyl sites for hydroxylation is 1. The van der Waals surface area contributed by atoms with Crippen LogP contribution in [-0.4, -0.2) is 10.9 Å². The lowest BCUT2D eigenvalue weighted by molar-refractivity contribution is 0.0944. The summed E-state index contributed by atoms with van der Waals surface area (Å²) in [6.07, 6.45) is 0. The molecule has 3 N–H and O–H groups in total. The maximum Gasteiger partial charge on any atom is 0.273 e. The first-order chi connectivity index (χ1) is 10.4. The van der Waals surface area contributed by atoms with Crippen molar-refractivity contribution >= 4 is 5.91 Å². The number of nitrogens with two attached hydrogens (primary N) is 1. The minimum Gasteiger partial charge on any atom is -0.445 e. The Kier molecular flexibility index (Phi) is 4.92. The highest BCUT2D eigenvalue weighted by Gasteiger charge is 2.18. The van der Waals surface area contributed by atoms with Gasteiger partial charge in [0.25, 0.3) is 5.91 Å². The van der Waals surface area contributed by atoms with E-state index in [0.29, 0.717) is 22.8 Å². The largest absolute Gasteiger partial charge is 0.445 e. The first-order valence-electron chi connectivity index (χ1n) is 7.15. The van der Waals surface area contributed by atoms with Crippen LogP contribution >= 0.6 is 0 Å². The van der Waals surface area contributed by atoms with Crippen molar-refractivity contribution in [1.82, 2.24) is 10.3 Å². The molecule has 0 aliphatic carbocycles. The molecule has 2 rings (SSSR count). The second-order valence-electron chi connectivity index (χ2n) is 5.42. The Morgan fingerprint density at radius 1 is 1.45 bits per heavy atom. The quantitative estimate of drug-likeness (QED) is 0.889. The molecule has 0 spiro atoms. The topological polar surface area (TPSA) is 81.2 Å². The first-order valence-corrected chi connectivity index (χ1v) is 7.15. The van der Waals surface area contributed by atoms with Crippen LogP contribution < -0.4 is 11.1 Å². The molecule has 118 valence electrons. The van der Waals surface area contributed by atoms with E-state index in [1.54, 1.807) is 19.1 Å². The minimum absolute atomic E-state index is 0.0822. The molecular formula is C16H20FN3O2. The van der Waals surface area contributed by atoms with Gasteiger partial charge in [0.1, 0.15) is 11.6 Å². The molecule has 22 heavy (non-hydrogen) atoms. The van der Waals surface area contributed by atoms with Crippen LogP contribution in [0.25, 0.3) is 0 Å². The van der Waals surface area contributed by atoms with Crippen LogP contribution in [0.1, 0.15) is 53.0 Å². The fraction of sp³-hybridized carbons (Fsp3) is 0.375. The summed E-state index contributed by atoms with van der Waals surface area (Å²) in [6, 6.07) is 4.73. The second kappa shape index (κ2) is 6.70. The van der Waals surface area contributed by atoms with Crippen molar-refractivity contribution in [2.45, 2.75) is 39.8 Å². The van der Waals surface area contributed by atoms with Crippen molar-refractivity contribution < 1.29 is 13.6 Å². The van der Waals surface area contributed by atoms with E-state index in [1.807, 2.05) is 13.8 Å². The Hall–Kier alpha value is -2.21. The number of hydrogen-bond donors (Lipinski definition) is 2. The predicted octanol–water partition coefficient (Wildman–Crippen LogP) is 2.63. The molecule has 1 aromatic heterocycles. The number of halogens is 1. The number of hydrogen-bond acceptors (Lipinski definition) is 4. The molecular weight excluding hydrogens is 285 g/mol. The number of aromatic nitrogens is 1. The van der Waals surface area contributed by atoms with Crippen LogP contribution in [0.4, 0.5) is 4.39 Å². The standard InChI is InChI=1S/C16H20FN3O2/c1-9(2)16-20-14(10(3)22-16)15(21)19-8-12-5-4-11(7-18)6-13(12)17/h4-6,9H,7-8,18H2,1-3H3,(H,19,21). The van der Waals surface area contributed by atoms with Gasteiger partial charge in [0.2, 0.25) is 0 Å². The van der Waals surface area contributed by atoms with Gasteiger partial charge >= 0.3 is 0 Å². The van der Waals surface area contributed by atoms with Crippen molar-refractivity contribution in [2.24, 2.45) is 5.73 Å². The highest BCUT2D eigenvalue weighted by Crippen LogP contribution is 2.18. The summed E-state index contributed by atoms with van der Waals surface area (Å²) in [5.74, 6) is 0.307.